The molecule has 7 nitrogen and oxygen atoms in total. The number of hydrogen-bond donors (Lipinski definition) is 2. The maximum Gasteiger partial charge on any atom is 0.270 e. The SMILES string of the molecule is CSCCC(NC(=O)c1cccc([N+](=O)[O-])c1)C(=O)NCC(C)(C)c1c(Cl)cccc1Cl. The van der Waals surface area contributed by atoms with Crippen LogP contribution in [-0.4, -0.2) is 41.3 Å². The van der Waals surface area contributed by atoms with Crippen molar-refractivity contribution in [3.8, 4) is 0 Å². The maximum absolute atomic E-state index is 12.9. The first-order valence-electron chi connectivity index (χ1n) is 9.83. The molecular formula is C22H25Cl2N3O4S. The van der Waals surface area contributed by atoms with Crippen LogP contribution in [0.3, 0.4) is 0 Å². The summed E-state index contributed by atoms with van der Waals surface area (Å²) in [4.78, 5) is 36.0. The van der Waals surface area contributed by atoms with Gasteiger partial charge >= 0.3 is 0 Å². The number of hydrogen-bond acceptors (Lipinski definition) is 5. The summed E-state index contributed by atoms with van der Waals surface area (Å²) in [6, 6.07) is 9.82. The molecule has 1 atom stereocenters. The number of amides is 2. The molecule has 0 bridgehead atoms. The zero-order chi connectivity index (χ0) is 23.9. The minimum atomic E-state index is -0.799. The first kappa shape index (κ1) is 26.0. The molecular weight excluding hydrogens is 473 g/mol. The van der Waals surface area contributed by atoms with E-state index in [2.05, 4.69) is 10.6 Å². The Kier molecular flexibility index (Phi) is 9.36. The first-order chi connectivity index (χ1) is 15.1. The van der Waals surface area contributed by atoms with Gasteiger partial charge in [-0.05, 0) is 42.2 Å². The Hall–Kier alpha value is -2.29. The van der Waals surface area contributed by atoms with E-state index in [-0.39, 0.29) is 23.7 Å². The molecule has 10 heteroatoms. The van der Waals surface area contributed by atoms with E-state index in [4.69, 9.17) is 23.2 Å². The van der Waals surface area contributed by atoms with Gasteiger partial charge in [0, 0.05) is 39.7 Å². The molecule has 0 fully saturated rings. The van der Waals surface area contributed by atoms with Gasteiger partial charge in [0.2, 0.25) is 5.91 Å². The zero-order valence-corrected chi connectivity index (χ0v) is 20.3. The van der Waals surface area contributed by atoms with E-state index in [1.165, 1.54) is 24.3 Å². The Morgan fingerprint density at radius 3 is 2.38 bits per heavy atom. The van der Waals surface area contributed by atoms with Gasteiger partial charge in [0.1, 0.15) is 6.04 Å². The highest BCUT2D eigenvalue weighted by atomic mass is 35.5. The Labute approximate surface area is 201 Å². The predicted octanol–water partition coefficient (Wildman–Crippen LogP) is 4.85. The highest BCUT2D eigenvalue weighted by Crippen LogP contribution is 2.35. The lowest BCUT2D eigenvalue weighted by molar-refractivity contribution is -0.384. The van der Waals surface area contributed by atoms with Crippen molar-refractivity contribution >= 4 is 52.5 Å². The van der Waals surface area contributed by atoms with Crippen LogP contribution in [0.5, 0.6) is 0 Å². The number of benzene rings is 2. The molecule has 0 aliphatic carbocycles. The molecule has 0 heterocycles. The molecule has 0 spiro atoms. The fraction of sp³-hybridized carbons (Fsp3) is 0.364. The third kappa shape index (κ3) is 6.85. The molecule has 0 saturated heterocycles. The molecule has 172 valence electrons. The van der Waals surface area contributed by atoms with Gasteiger partial charge in [0.05, 0.1) is 4.92 Å². The number of nitrogens with one attached hydrogen (secondary N) is 2. The number of carbonyl (C=O) groups excluding carboxylic acids is 2. The van der Waals surface area contributed by atoms with Gasteiger partial charge in [-0.2, -0.15) is 11.8 Å². The second-order valence-corrected chi connectivity index (χ2v) is 9.61. The van der Waals surface area contributed by atoms with E-state index in [0.717, 1.165) is 5.56 Å². The molecule has 2 rings (SSSR count). The number of nitrogens with zero attached hydrogens (tertiary/aromatic N) is 1. The summed E-state index contributed by atoms with van der Waals surface area (Å²) in [7, 11) is 0. The van der Waals surface area contributed by atoms with Crippen LogP contribution in [-0.2, 0) is 10.2 Å². The second-order valence-electron chi connectivity index (χ2n) is 7.81. The van der Waals surface area contributed by atoms with E-state index in [1.807, 2.05) is 20.1 Å². The van der Waals surface area contributed by atoms with Gasteiger partial charge in [-0.15, -0.1) is 0 Å². The average Bonchev–Trinajstić information content (AvgIpc) is 2.74. The van der Waals surface area contributed by atoms with Gasteiger partial charge in [-0.1, -0.05) is 49.2 Å². The lowest BCUT2D eigenvalue weighted by atomic mass is 9.84. The van der Waals surface area contributed by atoms with Gasteiger partial charge in [0.15, 0.2) is 0 Å². The molecule has 0 radical (unpaired) electrons. The molecule has 2 amide bonds. The fourth-order valence-electron chi connectivity index (χ4n) is 3.17. The third-order valence-electron chi connectivity index (χ3n) is 4.90. The molecule has 1 unspecified atom stereocenters. The maximum atomic E-state index is 12.9. The van der Waals surface area contributed by atoms with E-state index in [0.29, 0.717) is 22.2 Å². The van der Waals surface area contributed by atoms with Crippen molar-refractivity contribution in [2.24, 2.45) is 0 Å². The van der Waals surface area contributed by atoms with Crippen LogP contribution in [0.1, 0.15) is 36.2 Å². The smallest absolute Gasteiger partial charge is 0.270 e. The lowest BCUT2D eigenvalue weighted by Gasteiger charge is -2.29. The summed E-state index contributed by atoms with van der Waals surface area (Å²) >= 11 is 14.2. The minimum absolute atomic E-state index is 0.115. The largest absolute Gasteiger partial charge is 0.353 e. The van der Waals surface area contributed by atoms with Crippen molar-refractivity contribution in [3.63, 3.8) is 0 Å². The Bertz CT molecular complexity index is 981. The summed E-state index contributed by atoms with van der Waals surface area (Å²) in [6.45, 7) is 4.08. The zero-order valence-electron chi connectivity index (χ0n) is 18.0. The number of non-ortho nitro benzene ring substituents is 1. The van der Waals surface area contributed by atoms with Gasteiger partial charge in [-0.25, -0.2) is 0 Å². The summed E-state index contributed by atoms with van der Waals surface area (Å²) in [5.41, 5.74) is 0.0922. The predicted molar refractivity (Wildman–Crippen MR) is 130 cm³/mol. The fourth-order valence-corrected chi connectivity index (χ4v) is 4.55. The Morgan fingerprint density at radius 2 is 1.78 bits per heavy atom. The van der Waals surface area contributed by atoms with Crippen LogP contribution < -0.4 is 10.6 Å². The van der Waals surface area contributed by atoms with Gasteiger partial charge < -0.3 is 10.6 Å². The van der Waals surface area contributed by atoms with E-state index < -0.39 is 22.3 Å². The van der Waals surface area contributed by atoms with Crippen molar-refractivity contribution in [1.82, 2.24) is 10.6 Å². The molecule has 32 heavy (non-hydrogen) atoms. The van der Waals surface area contributed by atoms with Crippen molar-refractivity contribution in [2.45, 2.75) is 31.7 Å². The van der Waals surface area contributed by atoms with Crippen LogP contribution in [0.4, 0.5) is 5.69 Å². The molecule has 0 aromatic heterocycles. The summed E-state index contributed by atoms with van der Waals surface area (Å²) in [5.74, 6) is -0.259. The molecule has 2 N–H and O–H groups in total. The number of halogens is 2. The van der Waals surface area contributed by atoms with Crippen LogP contribution in [0, 0.1) is 10.1 Å². The number of nitro groups is 1. The van der Waals surface area contributed by atoms with E-state index in [1.54, 1.807) is 30.0 Å². The summed E-state index contributed by atoms with van der Waals surface area (Å²) in [6.07, 6.45) is 2.31. The molecule has 0 aliphatic rings. The number of nitro benzene ring substituents is 1. The monoisotopic (exact) mass is 497 g/mol. The van der Waals surface area contributed by atoms with Crippen LogP contribution in [0.2, 0.25) is 10.0 Å². The topological polar surface area (TPSA) is 101 Å². The number of carbonyl (C=O) groups is 2. The van der Waals surface area contributed by atoms with Gasteiger partial charge in [0.25, 0.3) is 11.6 Å². The van der Waals surface area contributed by atoms with Gasteiger partial charge in [-0.3, -0.25) is 19.7 Å². The van der Waals surface area contributed by atoms with Crippen molar-refractivity contribution in [3.05, 3.63) is 73.8 Å². The number of rotatable bonds is 10. The molecule has 0 saturated carbocycles. The summed E-state index contributed by atoms with van der Waals surface area (Å²) < 4.78 is 0. The minimum Gasteiger partial charge on any atom is -0.353 e. The quantitative estimate of drug-likeness (QED) is 0.360. The van der Waals surface area contributed by atoms with Crippen molar-refractivity contribution in [2.75, 3.05) is 18.6 Å². The first-order valence-corrected chi connectivity index (χ1v) is 12.0. The average molecular weight is 498 g/mol. The lowest BCUT2D eigenvalue weighted by Crippen LogP contribution is -2.49. The third-order valence-corrected chi connectivity index (χ3v) is 6.17. The van der Waals surface area contributed by atoms with Crippen LogP contribution in [0.15, 0.2) is 42.5 Å². The number of thioether (sulfide) groups is 1. The summed E-state index contributed by atoms with van der Waals surface area (Å²) in [5, 5.41) is 17.6. The van der Waals surface area contributed by atoms with Crippen LogP contribution >= 0.6 is 35.0 Å². The van der Waals surface area contributed by atoms with Crippen molar-refractivity contribution < 1.29 is 14.5 Å². The van der Waals surface area contributed by atoms with Crippen molar-refractivity contribution in [1.29, 1.82) is 0 Å². The second kappa shape index (κ2) is 11.5. The Balaban J connectivity index is 2.13. The standard InChI is InChI=1S/C22H25Cl2N3O4S/c1-22(2,19-16(23)8-5-9-17(19)24)13-25-21(29)18(10-11-32-3)26-20(28)14-6-4-7-15(12-14)27(30)31/h4-9,12,18H,10-11,13H2,1-3H3,(H,25,29)(H,26,28). The molecule has 2 aromatic rings. The highest BCUT2D eigenvalue weighted by molar-refractivity contribution is 7.98. The van der Waals surface area contributed by atoms with E-state index in [9.17, 15) is 19.7 Å². The molecule has 0 aliphatic heterocycles. The highest BCUT2D eigenvalue weighted by Gasteiger charge is 2.29. The Morgan fingerprint density at radius 1 is 1.16 bits per heavy atom. The van der Waals surface area contributed by atoms with Crippen LogP contribution in [0.25, 0.3) is 0 Å². The normalized spacial score (nSPS) is 12.2. The molecule has 2 aromatic carbocycles. The van der Waals surface area contributed by atoms with E-state index >= 15 is 0 Å².